The molecule has 2 N–H and O–H groups in total. The number of ketones is 1. The fourth-order valence-electron chi connectivity index (χ4n) is 1.53. The van der Waals surface area contributed by atoms with E-state index in [0.717, 1.165) is 18.6 Å². The van der Waals surface area contributed by atoms with Gasteiger partial charge in [-0.3, -0.25) is 4.79 Å². The number of ether oxygens (including phenoxy) is 1. The first-order valence-electron chi connectivity index (χ1n) is 5.56. The van der Waals surface area contributed by atoms with Gasteiger partial charge in [0.2, 0.25) is 0 Å². The van der Waals surface area contributed by atoms with Gasteiger partial charge in [0.1, 0.15) is 5.75 Å². The summed E-state index contributed by atoms with van der Waals surface area (Å²) in [4.78, 5) is 11.8. The van der Waals surface area contributed by atoms with Crippen LogP contribution in [0.3, 0.4) is 0 Å². The first-order valence-corrected chi connectivity index (χ1v) is 5.56. The molecule has 0 aromatic heterocycles. The van der Waals surface area contributed by atoms with Gasteiger partial charge < -0.3 is 10.5 Å². The molecule has 0 amide bonds. The third-order valence-electron chi connectivity index (χ3n) is 2.46. The van der Waals surface area contributed by atoms with Crippen LogP contribution in [-0.2, 0) is 0 Å². The van der Waals surface area contributed by atoms with Crippen LogP contribution in [0.2, 0.25) is 0 Å². The minimum atomic E-state index is 0.152. The summed E-state index contributed by atoms with van der Waals surface area (Å²) in [6.07, 6.45) is 2.28. The molecule has 0 spiro atoms. The summed E-state index contributed by atoms with van der Waals surface area (Å²) in [5.74, 6) is 0.873. The normalized spacial score (nSPS) is 12.2. The van der Waals surface area contributed by atoms with E-state index in [1.165, 1.54) is 0 Å². The molecule has 0 aliphatic carbocycles. The van der Waals surface area contributed by atoms with Gasteiger partial charge in [-0.25, -0.2) is 0 Å². The minimum absolute atomic E-state index is 0.152. The third kappa shape index (κ3) is 4.03. The molecule has 0 fully saturated rings. The number of nitrogens with two attached hydrogens (primary N) is 1. The summed E-state index contributed by atoms with van der Waals surface area (Å²) >= 11 is 0. The standard InChI is InChI=1S/C13H19NO2/c1-10(14)5-3-8-13(15)11-6-4-7-12(9-11)16-2/h4,6-7,9-10H,3,5,8,14H2,1-2H3. The van der Waals surface area contributed by atoms with Gasteiger partial charge in [-0.05, 0) is 31.9 Å². The lowest BCUT2D eigenvalue weighted by Gasteiger charge is -2.05. The molecule has 3 heteroatoms. The molecule has 0 bridgehead atoms. The van der Waals surface area contributed by atoms with Gasteiger partial charge in [-0.15, -0.1) is 0 Å². The highest BCUT2D eigenvalue weighted by Crippen LogP contribution is 2.15. The van der Waals surface area contributed by atoms with Gasteiger partial charge in [-0.2, -0.15) is 0 Å². The van der Waals surface area contributed by atoms with Crippen molar-refractivity contribution in [3.05, 3.63) is 29.8 Å². The zero-order chi connectivity index (χ0) is 12.0. The van der Waals surface area contributed by atoms with Crippen LogP contribution in [0.15, 0.2) is 24.3 Å². The summed E-state index contributed by atoms with van der Waals surface area (Å²) in [5.41, 5.74) is 6.34. The molecular formula is C13H19NO2. The number of benzene rings is 1. The highest BCUT2D eigenvalue weighted by molar-refractivity contribution is 5.96. The Hall–Kier alpha value is -1.35. The fourth-order valence-corrected chi connectivity index (χ4v) is 1.53. The van der Waals surface area contributed by atoms with Crippen molar-refractivity contribution < 1.29 is 9.53 Å². The number of carbonyl (C=O) groups is 1. The van der Waals surface area contributed by atoms with Crippen molar-refractivity contribution >= 4 is 5.78 Å². The maximum Gasteiger partial charge on any atom is 0.163 e. The van der Waals surface area contributed by atoms with Gasteiger partial charge in [0.15, 0.2) is 5.78 Å². The molecule has 1 atom stereocenters. The molecule has 1 aromatic rings. The van der Waals surface area contributed by atoms with Crippen LogP contribution in [0.5, 0.6) is 5.75 Å². The van der Waals surface area contributed by atoms with Crippen molar-refractivity contribution in [1.82, 2.24) is 0 Å². The quantitative estimate of drug-likeness (QED) is 0.750. The monoisotopic (exact) mass is 221 g/mol. The molecule has 0 aliphatic heterocycles. The van der Waals surface area contributed by atoms with E-state index in [0.29, 0.717) is 12.0 Å². The summed E-state index contributed by atoms with van der Waals surface area (Å²) < 4.78 is 5.08. The number of Topliss-reactive ketones (excluding diaryl/α,β-unsaturated/α-hetero) is 1. The van der Waals surface area contributed by atoms with Crippen LogP contribution in [0, 0.1) is 0 Å². The Bertz CT molecular complexity index is 348. The molecule has 0 saturated heterocycles. The third-order valence-corrected chi connectivity index (χ3v) is 2.46. The molecule has 0 aliphatic rings. The number of carbonyl (C=O) groups excluding carboxylic acids is 1. The number of methoxy groups -OCH3 is 1. The summed E-state index contributed by atoms with van der Waals surface area (Å²) in [5, 5.41) is 0. The first-order chi connectivity index (χ1) is 7.63. The second kappa shape index (κ2) is 6.28. The van der Waals surface area contributed by atoms with Gasteiger partial charge in [0.25, 0.3) is 0 Å². The largest absolute Gasteiger partial charge is 0.497 e. The summed E-state index contributed by atoms with van der Waals surface area (Å²) in [6.45, 7) is 1.95. The van der Waals surface area contributed by atoms with E-state index in [9.17, 15) is 4.79 Å². The van der Waals surface area contributed by atoms with E-state index in [4.69, 9.17) is 10.5 Å². The fraction of sp³-hybridized carbons (Fsp3) is 0.462. The lowest BCUT2D eigenvalue weighted by atomic mass is 10.0. The Morgan fingerprint density at radius 3 is 2.88 bits per heavy atom. The van der Waals surface area contributed by atoms with Gasteiger partial charge in [-0.1, -0.05) is 12.1 Å². The molecular weight excluding hydrogens is 202 g/mol. The van der Waals surface area contributed by atoms with Crippen molar-refractivity contribution in [3.63, 3.8) is 0 Å². The summed E-state index contributed by atoms with van der Waals surface area (Å²) in [7, 11) is 1.60. The van der Waals surface area contributed by atoms with Crippen molar-refractivity contribution in [1.29, 1.82) is 0 Å². The highest BCUT2D eigenvalue weighted by Gasteiger charge is 2.07. The first kappa shape index (κ1) is 12.7. The zero-order valence-corrected chi connectivity index (χ0v) is 9.90. The molecule has 0 saturated carbocycles. The minimum Gasteiger partial charge on any atom is -0.497 e. The van der Waals surface area contributed by atoms with E-state index in [2.05, 4.69) is 0 Å². The van der Waals surface area contributed by atoms with Crippen LogP contribution >= 0.6 is 0 Å². The van der Waals surface area contributed by atoms with Gasteiger partial charge >= 0.3 is 0 Å². The molecule has 0 radical (unpaired) electrons. The Balaban J connectivity index is 2.52. The van der Waals surface area contributed by atoms with Crippen LogP contribution < -0.4 is 10.5 Å². The topological polar surface area (TPSA) is 52.3 Å². The maximum absolute atomic E-state index is 11.8. The van der Waals surface area contributed by atoms with Gasteiger partial charge in [0, 0.05) is 18.0 Å². The van der Waals surface area contributed by atoms with E-state index < -0.39 is 0 Å². The Labute approximate surface area is 96.6 Å². The van der Waals surface area contributed by atoms with Crippen molar-refractivity contribution in [3.8, 4) is 5.75 Å². The lowest BCUT2D eigenvalue weighted by molar-refractivity contribution is 0.0978. The molecule has 88 valence electrons. The Morgan fingerprint density at radius 2 is 2.25 bits per heavy atom. The van der Waals surface area contributed by atoms with Gasteiger partial charge in [0.05, 0.1) is 7.11 Å². The lowest BCUT2D eigenvalue weighted by Crippen LogP contribution is -2.14. The Morgan fingerprint density at radius 1 is 1.50 bits per heavy atom. The smallest absolute Gasteiger partial charge is 0.163 e. The highest BCUT2D eigenvalue weighted by atomic mass is 16.5. The predicted octanol–water partition coefficient (Wildman–Crippen LogP) is 2.40. The Kier molecular flexibility index (Phi) is 4.99. The second-order valence-electron chi connectivity index (χ2n) is 4.02. The number of rotatable bonds is 6. The van der Waals surface area contributed by atoms with Crippen LogP contribution in [-0.4, -0.2) is 18.9 Å². The number of hydrogen-bond donors (Lipinski definition) is 1. The molecule has 1 rings (SSSR count). The van der Waals surface area contributed by atoms with E-state index >= 15 is 0 Å². The second-order valence-corrected chi connectivity index (χ2v) is 4.02. The van der Waals surface area contributed by atoms with Crippen LogP contribution in [0.1, 0.15) is 36.5 Å². The average molecular weight is 221 g/mol. The van der Waals surface area contributed by atoms with E-state index in [-0.39, 0.29) is 11.8 Å². The SMILES string of the molecule is COc1cccc(C(=O)CCCC(C)N)c1. The van der Waals surface area contributed by atoms with E-state index in [1.807, 2.05) is 25.1 Å². The average Bonchev–Trinajstić information content (AvgIpc) is 2.28. The number of hydrogen-bond acceptors (Lipinski definition) is 3. The maximum atomic E-state index is 11.8. The molecule has 0 heterocycles. The zero-order valence-electron chi connectivity index (χ0n) is 9.90. The molecule has 3 nitrogen and oxygen atoms in total. The van der Waals surface area contributed by atoms with Crippen LogP contribution in [0.4, 0.5) is 0 Å². The molecule has 16 heavy (non-hydrogen) atoms. The summed E-state index contributed by atoms with van der Waals surface area (Å²) in [6, 6.07) is 7.42. The molecule has 1 unspecified atom stereocenters. The molecule has 1 aromatic carbocycles. The van der Waals surface area contributed by atoms with Crippen molar-refractivity contribution in [2.45, 2.75) is 32.2 Å². The predicted molar refractivity (Wildman–Crippen MR) is 64.8 cm³/mol. The van der Waals surface area contributed by atoms with Crippen molar-refractivity contribution in [2.24, 2.45) is 5.73 Å². The van der Waals surface area contributed by atoms with E-state index in [1.54, 1.807) is 13.2 Å². The van der Waals surface area contributed by atoms with Crippen LogP contribution in [0.25, 0.3) is 0 Å². The van der Waals surface area contributed by atoms with Crippen molar-refractivity contribution in [2.75, 3.05) is 7.11 Å².